The highest BCUT2D eigenvalue weighted by molar-refractivity contribution is 7.99. The minimum absolute atomic E-state index is 0.0851. The Hall–Kier alpha value is -1.20. The Morgan fingerprint density at radius 2 is 2.33 bits per heavy atom. The molecule has 2 rings (SSSR count). The highest BCUT2D eigenvalue weighted by Crippen LogP contribution is 2.19. The Labute approximate surface area is 131 Å². The quantitative estimate of drug-likeness (QED) is 0.821. The normalized spacial score (nSPS) is 19.4. The molecule has 0 aromatic heterocycles. The number of thioether (sulfide) groups is 1. The first-order valence-electron chi connectivity index (χ1n) is 7.54. The fraction of sp³-hybridized carbons (Fsp3) is 0.562. The topological polar surface area (TPSA) is 58.4 Å². The number of nitrogens with zero attached hydrogens (tertiary/aromatic N) is 1. The van der Waals surface area contributed by atoms with Crippen LogP contribution in [0.2, 0.25) is 0 Å². The lowest BCUT2D eigenvalue weighted by Gasteiger charge is -2.32. The van der Waals surface area contributed by atoms with Crippen molar-refractivity contribution in [2.45, 2.75) is 32.7 Å². The molecule has 1 atom stereocenters. The summed E-state index contributed by atoms with van der Waals surface area (Å²) >= 11 is 2.02. The van der Waals surface area contributed by atoms with E-state index in [1.54, 1.807) is 0 Å². The van der Waals surface area contributed by atoms with Gasteiger partial charge in [0.05, 0.1) is 0 Å². The number of hydrogen-bond donors (Lipinski definition) is 2. The van der Waals surface area contributed by atoms with Crippen LogP contribution in [0.5, 0.6) is 0 Å². The van der Waals surface area contributed by atoms with Gasteiger partial charge in [0.15, 0.2) is 0 Å². The van der Waals surface area contributed by atoms with Gasteiger partial charge in [0.1, 0.15) is 0 Å². The third kappa shape index (κ3) is 4.93. The molecule has 1 aromatic carbocycles. The van der Waals surface area contributed by atoms with Crippen LogP contribution in [0.3, 0.4) is 0 Å². The molecule has 4 nitrogen and oxygen atoms in total. The molecular weight excluding hydrogens is 282 g/mol. The molecule has 0 aliphatic carbocycles. The van der Waals surface area contributed by atoms with Gasteiger partial charge in [-0.05, 0) is 50.6 Å². The van der Waals surface area contributed by atoms with Crippen LogP contribution in [0.15, 0.2) is 18.2 Å². The Morgan fingerprint density at radius 3 is 3.05 bits per heavy atom. The van der Waals surface area contributed by atoms with E-state index in [-0.39, 0.29) is 5.91 Å². The van der Waals surface area contributed by atoms with Crippen LogP contribution in [-0.4, -0.2) is 41.4 Å². The summed E-state index contributed by atoms with van der Waals surface area (Å²) in [5, 5.41) is 2.97. The van der Waals surface area contributed by atoms with E-state index in [1.807, 2.05) is 36.9 Å². The fourth-order valence-electron chi connectivity index (χ4n) is 2.58. The average molecular weight is 307 g/mol. The van der Waals surface area contributed by atoms with Gasteiger partial charge in [-0.2, -0.15) is 11.8 Å². The van der Waals surface area contributed by atoms with Gasteiger partial charge in [-0.1, -0.05) is 0 Å². The Bertz CT molecular complexity index is 492. The Morgan fingerprint density at radius 1 is 1.52 bits per heavy atom. The Balaban J connectivity index is 1.74. The van der Waals surface area contributed by atoms with Gasteiger partial charge in [0.25, 0.3) is 0 Å². The van der Waals surface area contributed by atoms with Crippen molar-refractivity contribution in [3.63, 3.8) is 0 Å². The van der Waals surface area contributed by atoms with E-state index in [1.165, 1.54) is 11.5 Å². The second kappa shape index (κ2) is 7.71. The molecule has 0 radical (unpaired) electrons. The van der Waals surface area contributed by atoms with Crippen molar-refractivity contribution in [2.24, 2.45) is 0 Å². The van der Waals surface area contributed by atoms with Gasteiger partial charge in [-0.15, -0.1) is 0 Å². The number of carbonyl (C=O) groups is 1. The summed E-state index contributed by atoms with van der Waals surface area (Å²) < 4.78 is 0. The van der Waals surface area contributed by atoms with E-state index in [4.69, 9.17) is 5.73 Å². The van der Waals surface area contributed by atoms with Gasteiger partial charge in [0.2, 0.25) is 5.91 Å². The molecule has 0 spiro atoms. The SMILES string of the molecule is Cc1cc(N)ccc1NC(=O)CCCN1CCSCC1C. The second-order valence-electron chi connectivity index (χ2n) is 5.69. The standard InChI is InChI=1S/C16H25N3OS/c1-12-10-14(17)5-6-15(12)18-16(20)4-3-7-19-8-9-21-11-13(19)2/h5-6,10,13H,3-4,7-9,11,17H2,1-2H3,(H,18,20). The molecule has 5 heteroatoms. The van der Waals surface area contributed by atoms with E-state index >= 15 is 0 Å². The molecule has 1 aromatic rings. The van der Waals surface area contributed by atoms with Crippen LogP contribution in [0.4, 0.5) is 11.4 Å². The van der Waals surface area contributed by atoms with Gasteiger partial charge >= 0.3 is 0 Å². The van der Waals surface area contributed by atoms with E-state index in [0.717, 1.165) is 36.4 Å². The number of hydrogen-bond acceptors (Lipinski definition) is 4. The van der Waals surface area contributed by atoms with Crippen molar-refractivity contribution in [1.82, 2.24) is 4.90 Å². The smallest absolute Gasteiger partial charge is 0.224 e. The fourth-order valence-corrected chi connectivity index (χ4v) is 3.66. The molecule has 1 aliphatic rings. The molecule has 116 valence electrons. The lowest BCUT2D eigenvalue weighted by molar-refractivity contribution is -0.116. The molecule has 0 bridgehead atoms. The number of nitrogens with one attached hydrogen (secondary N) is 1. The number of amides is 1. The minimum atomic E-state index is 0.0851. The van der Waals surface area contributed by atoms with Crippen molar-refractivity contribution in [2.75, 3.05) is 35.6 Å². The first-order valence-corrected chi connectivity index (χ1v) is 8.69. The maximum absolute atomic E-state index is 12.0. The highest BCUT2D eigenvalue weighted by Gasteiger charge is 2.18. The van der Waals surface area contributed by atoms with Crippen molar-refractivity contribution >= 4 is 29.0 Å². The zero-order valence-corrected chi connectivity index (χ0v) is 13.7. The van der Waals surface area contributed by atoms with Crippen LogP contribution in [-0.2, 0) is 4.79 Å². The summed E-state index contributed by atoms with van der Waals surface area (Å²) in [6, 6.07) is 6.19. The number of benzene rings is 1. The number of nitrogens with two attached hydrogens (primary N) is 1. The number of carbonyl (C=O) groups excluding carboxylic acids is 1. The van der Waals surface area contributed by atoms with Crippen LogP contribution in [0.1, 0.15) is 25.3 Å². The number of anilines is 2. The molecule has 1 saturated heterocycles. The van der Waals surface area contributed by atoms with Crippen molar-refractivity contribution in [3.05, 3.63) is 23.8 Å². The molecule has 1 amide bonds. The van der Waals surface area contributed by atoms with Crippen LogP contribution in [0.25, 0.3) is 0 Å². The summed E-state index contributed by atoms with van der Waals surface area (Å²) in [6.07, 6.45) is 1.48. The van der Waals surface area contributed by atoms with E-state index in [9.17, 15) is 4.79 Å². The van der Waals surface area contributed by atoms with E-state index < -0.39 is 0 Å². The molecule has 1 aliphatic heterocycles. The van der Waals surface area contributed by atoms with Crippen molar-refractivity contribution in [1.29, 1.82) is 0 Å². The second-order valence-corrected chi connectivity index (χ2v) is 6.84. The van der Waals surface area contributed by atoms with Gasteiger partial charge < -0.3 is 11.1 Å². The molecule has 3 N–H and O–H groups in total. The predicted octanol–water partition coefficient (Wildman–Crippen LogP) is 2.73. The third-order valence-corrected chi connectivity index (χ3v) is 5.07. The molecule has 21 heavy (non-hydrogen) atoms. The first kappa shape index (κ1) is 16.2. The van der Waals surface area contributed by atoms with Gasteiger partial charge in [0, 0.05) is 41.9 Å². The highest BCUT2D eigenvalue weighted by atomic mass is 32.2. The van der Waals surface area contributed by atoms with E-state index in [2.05, 4.69) is 17.1 Å². The molecule has 0 saturated carbocycles. The zero-order valence-electron chi connectivity index (χ0n) is 12.9. The maximum Gasteiger partial charge on any atom is 0.224 e. The predicted molar refractivity (Wildman–Crippen MR) is 91.8 cm³/mol. The minimum Gasteiger partial charge on any atom is -0.399 e. The van der Waals surface area contributed by atoms with Crippen LogP contribution >= 0.6 is 11.8 Å². The monoisotopic (exact) mass is 307 g/mol. The van der Waals surface area contributed by atoms with Crippen molar-refractivity contribution < 1.29 is 4.79 Å². The Kier molecular flexibility index (Phi) is 5.94. The summed E-state index contributed by atoms with van der Waals surface area (Å²) in [5.41, 5.74) is 8.30. The average Bonchev–Trinajstić information content (AvgIpc) is 2.44. The summed E-state index contributed by atoms with van der Waals surface area (Å²) in [7, 11) is 0. The summed E-state index contributed by atoms with van der Waals surface area (Å²) in [5.74, 6) is 2.50. The van der Waals surface area contributed by atoms with E-state index in [0.29, 0.717) is 12.5 Å². The summed E-state index contributed by atoms with van der Waals surface area (Å²) in [6.45, 7) is 6.38. The first-order chi connectivity index (χ1) is 10.1. The lowest BCUT2D eigenvalue weighted by atomic mass is 10.1. The van der Waals surface area contributed by atoms with Crippen molar-refractivity contribution in [3.8, 4) is 0 Å². The maximum atomic E-state index is 12.0. The lowest BCUT2D eigenvalue weighted by Crippen LogP contribution is -2.41. The number of nitrogen functional groups attached to an aromatic ring is 1. The van der Waals surface area contributed by atoms with Gasteiger partial charge in [-0.3, -0.25) is 9.69 Å². The van der Waals surface area contributed by atoms with Gasteiger partial charge in [-0.25, -0.2) is 0 Å². The molecule has 1 unspecified atom stereocenters. The van der Waals surface area contributed by atoms with Crippen LogP contribution in [0, 0.1) is 6.92 Å². The third-order valence-electron chi connectivity index (χ3n) is 3.88. The number of aryl methyl sites for hydroxylation is 1. The zero-order chi connectivity index (χ0) is 15.2. The van der Waals surface area contributed by atoms with Crippen LogP contribution < -0.4 is 11.1 Å². The molecule has 1 fully saturated rings. The summed E-state index contributed by atoms with van der Waals surface area (Å²) in [4.78, 5) is 14.5. The number of rotatable bonds is 5. The molecular formula is C16H25N3OS. The largest absolute Gasteiger partial charge is 0.399 e. The molecule has 1 heterocycles.